The molecule has 1 fully saturated rings. The van der Waals surface area contributed by atoms with E-state index in [1.807, 2.05) is 0 Å². The monoisotopic (exact) mass is 344 g/mol. The second kappa shape index (κ2) is 7.29. The van der Waals surface area contributed by atoms with Gasteiger partial charge in [-0.15, -0.1) is 0 Å². The predicted molar refractivity (Wildman–Crippen MR) is 90.6 cm³/mol. The molecule has 1 unspecified atom stereocenters. The summed E-state index contributed by atoms with van der Waals surface area (Å²) in [4.78, 5) is 26.6. The highest BCUT2D eigenvalue weighted by atomic mass is 16.5. The molecule has 7 heteroatoms. The number of furan rings is 1. The number of ether oxygens (including phenoxy) is 2. The van der Waals surface area contributed by atoms with Crippen molar-refractivity contribution in [1.29, 1.82) is 0 Å². The molecule has 1 aromatic heterocycles. The summed E-state index contributed by atoms with van der Waals surface area (Å²) in [5.74, 6) is 0.604. The standard InChI is InChI=1S/C18H20N2O5/c1-23-14-8-12(9-15(10-14)24-2)20-6-5-16(18(20)22)17(21)19-11-13-4-3-7-25-13/h3-4,7-10,16H,5-6,11H2,1-2H3,(H,19,21). The normalized spacial score (nSPS) is 16.8. The fourth-order valence-electron chi connectivity index (χ4n) is 2.84. The highest BCUT2D eigenvalue weighted by molar-refractivity contribution is 6.09. The van der Waals surface area contributed by atoms with E-state index in [9.17, 15) is 9.59 Å². The molecule has 7 nitrogen and oxygen atoms in total. The van der Waals surface area contributed by atoms with Crippen molar-refractivity contribution in [2.75, 3.05) is 25.7 Å². The predicted octanol–water partition coefficient (Wildman–Crippen LogP) is 1.97. The van der Waals surface area contributed by atoms with Crippen LogP contribution in [-0.4, -0.2) is 32.6 Å². The second-order valence-electron chi connectivity index (χ2n) is 5.70. The Balaban J connectivity index is 1.70. The van der Waals surface area contributed by atoms with Crippen molar-refractivity contribution in [3.8, 4) is 11.5 Å². The smallest absolute Gasteiger partial charge is 0.239 e. The fraction of sp³-hybridized carbons (Fsp3) is 0.333. The number of carbonyl (C=O) groups excluding carboxylic acids is 2. The van der Waals surface area contributed by atoms with Gasteiger partial charge < -0.3 is 24.1 Å². The first-order chi connectivity index (χ1) is 12.1. The Morgan fingerprint density at radius 3 is 2.60 bits per heavy atom. The molecule has 1 atom stereocenters. The van der Waals surface area contributed by atoms with E-state index in [0.717, 1.165) is 0 Å². The molecule has 0 bridgehead atoms. The van der Waals surface area contributed by atoms with E-state index < -0.39 is 5.92 Å². The zero-order valence-corrected chi connectivity index (χ0v) is 14.2. The maximum absolute atomic E-state index is 12.7. The van der Waals surface area contributed by atoms with Gasteiger partial charge in [0, 0.05) is 24.7 Å². The van der Waals surface area contributed by atoms with Gasteiger partial charge in [0.1, 0.15) is 23.2 Å². The zero-order chi connectivity index (χ0) is 17.8. The summed E-state index contributed by atoms with van der Waals surface area (Å²) in [7, 11) is 3.10. The molecule has 0 saturated carbocycles. The summed E-state index contributed by atoms with van der Waals surface area (Å²) >= 11 is 0. The summed E-state index contributed by atoms with van der Waals surface area (Å²) in [6, 6.07) is 8.76. The van der Waals surface area contributed by atoms with Gasteiger partial charge in [0.15, 0.2) is 0 Å². The van der Waals surface area contributed by atoms with Gasteiger partial charge in [0.25, 0.3) is 0 Å². The van der Waals surface area contributed by atoms with E-state index >= 15 is 0 Å². The highest BCUT2D eigenvalue weighted by Crippen LogP contribution is 2.32. The minimum absolute atomic E-state index is 0.229. The lowest BCUT2D eigenvalue weighted by Crippen LogP contribution is -2.36. The Bertz CT molecular complexity index is 735. The lowest BCUT2D eigenvalue weighted by atomic mass is 10.1. The summed E-state index contributed by atoms with van der Waals surface area (Å²) in [5.41, 5.74) is 0.655. The van der Waals surface area contributed by atoms with Gasteiger partial charge in [0.05, 0.1) is 32.7 Å². The Labute approximate surface area is 145 Å². The molecule has 1 N–H and O–H groups in total. The molecule has 132 valence electrons. The molecular weight excluding hydrogens is 324 g/mol. The molecule has 3 rings (SSSR count). The summed E-state index contributed by atoms with van der Waals surface area (Å²) in [6.45, 7) is 0.733. The topological polar surface area (TPSA) is 81.0 Å². The van der Waals surface area contributed by atoms with Crippen molar-refractivity contribution in [3.63, 3.8) is 0 Å². The van der Waals surface area contributed by atoms with Crippen molar-refractivity contribution in [1.82, 2.24) is 5.32 Å². The molecule has 2 amide bonds. The first-order valence-corrected chi connectivity index (χ1v) is 7.97. The van der Waals surface area contributed by atoms with E-state index in [2.05, 4.69) is 5.32 Å². The zero-order valence-electron chi connectivity index (χ0n) is 14.2. The number of benzene rings is 1. The third-order valence-electron chi connectivity index (χ3n) is 4.19. The molecule has 2 aromatic rings. The van der Waals surface area contributed by atoms with Gasteiger partial charge in [0.2, 0.25) is 11.8 Å². The van der Waals surface area contributed by atoms with Crippen LogP contribution in [0.1, 0.15) is 12.2 Å². The number of amides is 2. The van der Waals surface area contributed by atoms with Crippen molar-refractivity contribution in [3.05, 3.63) is 42.4 Å². The Kier molecular flexibility index (Phi) is 4.92. The van der Waals surface area contributed by atoms with E-state index in [-0.39, 0.29) is 18.4 Å². The lowest BCUT2D eigenvalue weighted by Gasteiger charge is -2.18. The molecule has 1 aliphatic rings. The number of methoxy groups -OCH3 is 2. The minimum Gasteiger partial charge on any atom is -0.497 e. The van der Waals surface area contributed by atoms with E-state index in [1.54, 1.807) is 55.7 Å². The van der Waals surface area contributed by atoms with Gasteiger partial charge in [-0.1, -0.05) is 0 Å². The molecule has 1 aromatic carbocycles. The molecule has 25 heavy (non-hydrogen) atoms. The summed E-state index contributed by atoms with van der Waals surface area (Å²) in [6.07, 6.45) is 2.00. The molecule has 1 saturated heterocycles. The van der Waals surface area contributed by atoms with Crippen molar-refractivity contribution < 1.29 is 23.5 Å². The number of anilines is 1. The number of hydrogen-bond acceptors (Lipinski definition) is 5. The number of carbonyl (C=O) groups is 2. The molecule has 0 aliphatic carbocycles. The van der Waals surface area contributed by atoms with Crippen LogP contribution in [0.5, 0.6) is 11.5 Å². The first-order valence-electron chi connectivity index (χ1n) is 7.97. The van der Waals surface area contributed by atoms with E-state index in [0.29, 0.717) is 35.9 Å². The summed E-state index contributed by atoms with van der Waals surface area (Å²) in [5, 5.41) is 2.74. The Hall–Kier alpha value is -2.96. The highest BCUT2D eigenvalue weighted by Gasteiger charge is 2.37. The van der Waals surface area contributed by atoms with E-state index in [1.165, 1.54) is 0 Å². The average Bonchev–Trinajstić information content (AvgIpc) is 3.28. The van der Waals surface area contributed by atoms with Crippen LogP contribution in [0.25, 0.3) is 0 Å². The summed E-state index contributed by atoms with van der Waals surface area (Å²) < 4.78 is 15.7. The van der Waals surface area contributed by atoms with Crippen molar-refractivity contribution >= 4 is 17.5 Å². The van der Waals surface area contributed by atoms with Gasteiger partial charge in [-0.25, -0.2) is 0 Å². The van der Waals surface area contributed by atoms with Crippen molar-refractivity contribution in [2.24, 2.45) is 5.92 Å². The quantitative estimate of drug-likeness (QED) is 0.810. The maximum Gasteiger partial charge on any atom is 0.239 e. The van der Waals surface area contributed by atoms with E-state index in [4.69, 9.17) is 13.9 Å². The van der Waals surface area contributed by atoms with Crippen LogP contribution in [0, 0.1) is 5.92 Å². The molecule has 0 radical (unpaired) electrons. The first kappa shape index (κ1) is 16.9. The fourth-order valence-corrected chi connectivity index (χ4v) is 2.84. The van der Waals surface area contributed by atoms with Crippen LogP contribution in [0.15, 0.2) is 41.0 Å². The minimum atomic E-state index is -0.702. The number of rotatable bonds is 6. The van der Waals surface area contributed by atoms with Gasteiger partial charge >= 0.3 is 0 Å². The van der Waals surface area contributed by atoms with Crippen LogP contribution >= 0.6 is 0 Å². The molecular formula is C18H20N2O5. The average molecular weight is 344 g/mol. The molecule has 1 aliphatic heterocycles. The Morgan fingerprint density at radius 2 is 2.00 bits per heavy atom. The number of nitrogens with one attached hydrogen (secondary N) is 1. The van der Waals surface area contributed by atoms with Crippen LogP contribution < -0.4 is 19.7 Å². The SMILES string of the molecule is COc1cc(OC)cc(N2CCC(C(=O)NCc3ccco3)C2=O)c1. The van der Waals surface area contributed by atoms with Crippen LogP contribution in [0.4, 0.5) is 5.69 Å². The Morgan fingerprint density at radius 1 is 1.28 bits per heavy atom. The number of nitrogens with zero attached hydrogens (tertiary/aromatic N) is 1. The van der Waals surface area contributed by atoms with Crippen molar-refractivity contribution in [2.45, 2.75) is 13.0 Å². The third kappa shape index (κ3) is 3.60. The third-order valence-corrected chi connectivity index (χ3v) is 4.19. The van der Waals surface area contributed by atoms with Gasteiger partial charge in [-0.3, -0.25) is 9.59 Å². The second-order valence-corrected chi connectivity index (χ2v) is 5.70. The van der Waals surface area contributed by atoms with Crippen LogP contribution in [0.2, 0.25) is 0 Å². The van der Waals surface area contributed by atoms with Gasteiger partial charge in [-0.2, -0.15) is 0 Å². The lowest BCUT2D eigenvalue weighted by molar-refractivity contribution is -0.132. The molecule has 2 heterocycles. The maximum atomic E-state index is 12.7. The van der Waals surface area contributed by atoms with Crippen LogP contribution in [-0.2, 0) is 16.1 Å². The van der Waals surface area contributed by atoms with Crippen LogP contribution in [0.3, 0.4) is 0 Å². The number of hydrogen-bond donors (Lipinski definition) is 1. The molecule has 0 spiro atoms. The largest absolute Gasteiger partial charge is 0.497 e. The van der Waals surface area contributed by atoms with Gasteiger partial charge in [-0.05, 0) is 18.6 Å².